The first kappa shape index (κ1) is 40.1. The molecule has 3 aromatic rings. The van der Waals surface area contributed by atoms with Crippen molar-refractivity contribution in [3.63, 3.8) is 0 Å². The Hall–Kier alpha value is -2.36. The summed E-state index contributed by atoms with van der Waals surface area (Å²) in [5, 5.41) is 11.3. The highest BCUT2D eigenvalue weighted by Crippen LogP contribution is 2.28. The van der Waals surface area contributed by atoms with E-state index in [1.165, 1.54) is 167 Å². The third-order valence-electron chi connectivity index (χ3n) is 10.0. The van der Waals surface area contributed by atoms with Crippen LogP contribution in [0.4, 0.5) is 0 Å². The highest BCUT2D eigenvalue weighted by Gasteiger charge is 2.07. The van der Waals surface area contributed by atoms with Gasteiger partial charge in [0.15, 0.2) is 0 Å². The lowest BCUT2D eigenvalue weighted by Gasteiger charge is -2.10. The van der Waals surface area contributed by atoms with Crippen LogP contribution in [0.3, 0.4) is 0 Å². The maximum atomic E-state index is 6.08. The number of hydrogen-bond donors (Lipinski definition) is 0. The van der Waals surface area contributed by atoms with Crippen molar-refractivity contribution in [1.82, 2.24) is 10.2 Å². The van der Waals surface area contributed by atoms with E-state index in [-0.39, 0.29) is 0 Å². The van der Waals surface area contributed by atoms with Crippen LogP contribution in [0.15, 0.2) is 36.4 Å². The van der Waals surface area contributed by atoms with Gasteiger partial charge in [0.25, 0.3) is 0 Å². The fourth-order valence-corrected chi connectivity index (χ4v) is 6.90. The van der Waals surface area contributed by atoms with Crippen molar-refractivity contribution in [2.45, 2.75) is 194 Å². The molecule has 2 aromatic carbocycles. The van der Waals surface area contributed by atoms with Crippen LogP contribution in [0.5, 0.6) is 11.5 Å². The molecule has 270 valence electrons. The molecule has 0 spiro atoms. The average molecular weight is 661 g/mol. The number of unbranched alkanes of at least 4 members (excludes halogenated alkanes) is 26. The van der Waals surface area contributed by atoms with Gasteiger partial charge in [-0.2, -0.15) is 0 Å². The minimum Gasteiger partial charge on any atom is -0.494 e. The number of hydrogen-bond acceptors (Lipinski definition) is 4. The summed E-state index contributed by atoms with van der Waals surface area (Å²) in [6.45, 7) is 6.12. The number of nitrogens with zero attached hydrogens (tertiary/aromatic N) is 2. The summed E-state index contributed by atoms with van der Waals surface area (Å²) >= 11 is 0. The molecule has 0 unspecified atom stereocenters. The van der Waals surface area contributed by atoms with E-state index < -0.39 is 0 Å². The molecule has 0 saturated heterocycles. The monoisotopic (exact) mass is 661 g/mol. The van der Waals surface area contributed by atoms with E-state index in [2.05, 4.69) is 48.3 Å². The SMILES string of the molecule is CCCCCCCCCCCCCCCCOc1ccc2c(c1)nnc1cc(OCCCCCCCCCCCCCCCC)ccc12. The standard InChI is InChI=1S/C44H72N2O2/c1-3-5-7-9-11-13-15-17-19-21-23-25-27-29-35-47-39-31-33-41-42-34-32-40(38-44(42)46-45-43(41)37-39)48-36-30-28-26-24-22-20-18-16-14-12-10-8-6-4-2/h31-34,37-38H,3-30,35-36H2,1-2H3. The minimum absolute atomic E-state index is 0.768. The summed E-state index contributed by atoms with van der Waals surface area (Å²) in [5.74, 6) is 1.78. The molecule has 4 heteroatoms. The summed E-state index contributed by atoms with van der Waals surface area (Å²) in [5.41, 5.74) is 1.77. The van der Waals surface area contributed by atoms with Gasteiger partial charge < -0.3 is 9.47 Å². The first-order chi connectivity index (χ1) is 23.8. The number of benzene rings is 2. The van der Waals surface area contributed by atoms with Gasteiger partial charge in [0.1, 0.15) is 11.5 Å². The lowest BCUT2D eigenvalue weighted by atomic mass is 10.0. The minimum atomic E-state index is 0.768. The number of fused-ring (bicyclic) bond motifs is 3. The van der Waals surface area contributed by atoms with Crippen molar-refractivity contribution in [2.24, 2.45) is 0 Å². The van der Waals surface area contributed by atoms with Gasteiger partial charge in [-0.25, -0.2) is 0 Å². The lowest BCUT2D eigenvalue weighted by Crippen LogP contribution is -1.99. The van der Waals surface area contributed by atoms with Gasteiger partial charge in [0, 0.05) is 22.9 Å². The molecule has 3 rings (SSSR count). The smallest absolute Gasteiger partial charge is 0.121 e. The van der Waals surface area contributed by atoms with Crippen LogP contribution in [0.1, 0.15) is 194 Å². The van der Waals surface area contributed by atoms with Gasteiger partial charge in [-0.3, -0.25) is 0 Å². The number of ether oxygens (including phenoxy) is 2. The Morgan fingerprint density at radius 2 is 0.625 bits per heavy atom. The second kappa shape index (κ2) is 27.5. The van der Waals surface area contributed by atoms with Gasteiger partial charge in [-0.05, 0) is 37.1 Å². The average Bonchev–Trinajstić information content (AvgIpc) is 3.11. The van der Waals surface area contributed by atoms with Gasteiger partial charge >= 0.3 is 0 Å². The van der Waals surface area contributed by atoms with Crippen LogP contribution in [-0.2, 0) is 0 Å². The first-order valence-electron chi connectivity index (χ1n) is 20.8. The van der Waals surface area contributed by atoms with E-state index in [0.717, 1.165) is 59.4 Å². The molecule has 0 amide bonds. The summed E-state index contributed by atoms with van der Waals surface area (Å²) < 4.78 is 12.2. The van der Waals surface area contributed by atoms with Crippen LogP contribution in [0, 0.1) is 0 Å². The van der Waals surface area contributed by atoms with E-state index in [1.807, 2.05) is 12.1 Å². The van der Waals surface area contributed by atoms with Crippen LogP contribution in [0.25, 0.3) is 21.8 Å². The molecule has 0 aliphatic carbocycles. The molecule has 0 bridgehead atoms. The molecule has 0 aliphatic heterocycles. The highest BCUT2D eigenvalue weighted by molar-refractivity contribution is 6.04. The van der Waals surface area contributed by atoms with Crippen molar-refractivity contribution < 1.29 is 9.47 Å². The Kier molecular flexibility index (Phi) is 22.9. The molecule has 0 radical (unpaired) electrons. The van der Waals surface area contributed by atoms with Crippen molar-refractivity contribution in [2.75, 3.05) is 13.2 Å². The summed E-state index contributed by atoms with van der Waals surface area (Å²) in [6, 6.07) is 12.5. The Balaban J connectivity index is 1.21. The topological polar surface area (TPSA) is 44.2 Å². The van der Waals surface area contributed by atoms with Crippen LogP contribution >= 0.6 is 0 Å². The molecule has 0 N–H and O–H groups in total. The van der Waals surface area contributed by atoms with E-state index in [9.17, 15) is 0 Å². The van der Waals surface area contributed by atoms with Crippen molar-refractivity contribution in [3.8, 4) is 11.5 Å². The Morgan fingerprint density at radius 1 is 0.354 bits per heavy atom. The summed E-state index contributed by atoms with van der Waals surface area (Å²) in [7, 11) is 0. The van der Waals surface area contributed by atoms with Crippen LogP contribution in [-0.4, -0.2) is 23.4 Å². The Labute approximate surface area is 295 Å². The third kappa shape index (κ3) is 17.9. The zero-order chi connectivity index (χ0) is 33.7. The Bertz CT molecular complexity index is 1100. The molecule has 0 saturated carbocycles. The summed E-state index contributed by atoms with van der Waals surface area (Å²) in [4.78, 5) is 0. The largest absolute Gasteiger partial charge is 0.494 e. The van der Waals surface area contributed by atoms with Crippen molar-refractivity contribution in [1.29, 1.82) is 0 Å². The van der Waals surface area contributed by atoms with Crippen molar-refractivity contribution >= 4 is 21.8 Å². The molecule has 0 fully saturated rings. The third-order valence-corrected chi connectivity index (χ3v) is 10.0. The van der Waals surface area contributed by atoms with E-state index in [1.54, 1.807) is 0 Å². The van der Waals surface area contributed by atoms with Gasteiger partial charge in [0.05, 0.1) is 24.2 Å². The maximum absolute atomic E-state index is 6.08. The highest BCUT2D eigenvalue weighted by atomic mass is 16.5. The molecule has 1 heterocycles. The molecule has 4 nitrogen and oxygen atoms in total. The molecule has 48 heavy (non-hydrogen) atoms. The second-order valence-corrected chi connectivity index (χ2v) is 14.4. The molecular weight excluding hydrogens is 588 g/mol. The molecule has 0 aliphatic rings. The van der Waals surface area contributed by atoms with Crippen molar-refractivity contribution in [3.05, 3.63) is 36.4 Å². The fourth-order valence-electron chi connectivity index (χ4n) is 6.90. The number of aromatic nitrogens is 2. The lowest BCUT2D eigenvalue weighted by molar-refractivity contribution is 0.304. The molecule has 1 aromatic heterocycles. The predicted molar refractivity (Wildman–Crippen MR) is 209 cm³/mol. The summed E-state index contributed by atoms with van der Waals surface area (Å²) in [6.07, 6.45) is 38.4. The van der Waals surface area contributed by atoms with Gasteiger partial charge in [-0.1, -0.05) is 181 Å². The molecule has 0 atom stereocenters. The van der Waals surface area contributed by atoms with Crippen LogP contribution in [0.2, 0.25) is 0 Å². The second-order valence-electron chi connectivity index (χ2n) is 14.4. The maximum Gasteiger partial charge on any atom is 0.121 e. The normalized spacial score (nSPS) is 11.5. The fraction of sp³-hybridized carbons (Fsp3) is 0.727. The van der Waals surface area contributed by atoms with E-state index in [4.69, 9.17) is 9.47 Å². The zero-order valence-electron chi connectivity index (χ0n) is 31.4. The number of rotatable bonds is 32. The zero-order valence-corrected chi connectivity index (χ0v) is 31.4. The van der Waals surface area contributed by atoms with E-state index in [0.29, 0.717) is 0 Å². The van der Waals surface area contributed by atoms with E-state index >= 15 is 0 Å². The Morgan fingerprint density at radius 3 is 0.917 bits per heavy atom. The first-order valence-corrected chi connectivity index (χ1v) is 20.8. The van der Waals surface area contributed by atoms with Gasteiger partial charge in [-0.15, -0.1) is 10.2 Å². The van der Waals surface area contributed by atoms with Crippen LogP contribution < -0.4 is 9.47 Å². The quantitative estimate of drug-likeness (QED) is 0.0494. The molecular formula is C44H72N2O2. The van der Waals surface area contributed by atoms with Gasteiger partial charge in [0.2, 0.25) is 0 Å². The predicted octanol–water partition coefficient (Wildman–Crippen LogP) is 14.5.